The van der Waals surface area contributed by atoms with Crippen LogP contribution in [0, 0.1) is 0 Å². The summed E-state index contributed by atoms with van der Waals surface area (Å²) in [5.41, 5.74) is 0.989. The number of halogens is 1. The Hall–Kier alpha value is -2.65. The number of fused-ring (bicyclic) bond motifs is 1. The van der Waals surface area contributed by atoms with Crippen LogP contribution in [0.2, 0.25) is 5.02 Å². The van der Waals surface area contributed by atoms with Crippen LogP contribution < -0.4 is 23.8 Å². The molecule has 0 saturated carbocycles. The van der Waals surface area contributed by atoms with Crippen molar-refractivity contribution in [3.63, 3.8) is 0 Å². The molecule has 0 aromatic heterocycles. The molecule has 2 aromatic rings. The molecule has 2 unspecified atom stereocenters. The lowest BCUT2D eigenvalue weighted by molar-refractivity contribution is -0.122. The van der Waals surface area contributed by atoms with E-state index in [4.69, 9.17) is 25.8 Å². The van der Waals surface area contributed by atoms with Gasteiger partial charge in [-0.15, -0.1) is 0 Å². The number of carbonyl (C=O) groups excluding carboxylic acids is 1. The molecular weight excluding hydrogens is 444 g/mol. The molecule has 1 N–H and O–H groups in total. The molecule has 10 heteroatoms. The maximum absolute atomic E-state index is 13.0. The minimum Gasteiger partial charge on any atom is -0.495 e. The van der Waals surface area contributed by atoms with Crippen molar-refractivity contribution in [3.8, 4) is 17.2 Å². The number of ether oxygens (including phenoxy) is 3. The van der Waals surface area contributed by atoms with Crippen LogP contribution in [0.15, 0.2) is 36.4 Å². The Labute approximate surface area is 187 Å². The van der Waals surface area contributed by atoms with Crippen LogP contribution in [-0.2, 0) is 14.8 Å². The zero-order valence-electron chi connectivity index (χ0n) is 17.7. The number of amides is 1. The van der Waals surface area contributed by atoms with E-state index in [1.165, 1.54) is 20.1 Å². The number of methoxy groups -OCH3 is 1. The molecule has 0 bridgehead atoms. The average Bonchev–Trinajstić information content (AvgIpc) is 2.72. The molecule has 0 spiro atoms. The molecule has 1 amide bonds. The van der Waals surface area contributed by atoms with Gasteiger partial charge in [-0.25, -0.2) is 8.42 Å². The number of nitrogens with one attached hydrogen (secondary N) is 1. The summed E-state index contributed by atoms with van der Waals surface area (Å²) in [4.78, 5) is 13.0. The lowest BCUT2D eigenvalue weighted by Crippen LogP contribution is -2.48. The highest BCUT2D eigenvalue weighted by atomic mass is 35.5. The van der Waals surface area contributed by atoms with E-state index < -0.39 is 28.0 Å². The molecule has 0 fully saturated rings. The third-order valence-corrected chi connectivity index (χ3v) is 6.35. The molecule has 0 saturated heterocycles. The minimum atomic E-state index is -3.83. The maximum atomic E-state index is 13.0. The van der Waals surface area contributed by atoms with Crippen LogP contribution >= 0.6 is 11.6 Å². The number of benzene rings is 2. The summed E-state index contributed by atoms with van der Waals surface area (Å²) in [6.45, 7) is 4.26. The Morgan fingerprint density at radius 3 is 2.45 bits per heavy atom. The van der Waals surface area contributed by atoms with E-state index in [1.54, 1.807) is 31.2 Å². The van der Waals surface area contributed by atoms with Gasteiger partial charge in [-0.2, -0.15) is 0 Å². The van der Waals surface area contributed by atoms with Crippen LogP contribution in [0.1, 0.15) is 25.5 Å². The van der Waals surface area contributed by atoms with E-state index >= 15 is 0 Å². The Kier molecular flexibility index (Phi) is 6.86. The molecule has 0 aliphatic carbocycles. The van der Waals surface area contributed by atoms with E-state index in [0.717, 1.165) is 16.1 Å². The molecule has 8 nitrogen and oxygen atoms in total. The third-order valence-electron chi connectivity index (χ3n) is 4.89. The van der Waals surface area contributed by atoms with Gasteiger partial charge in [0.1, 0.15) is 25.0 Å². The molecular formula is C21H25ClN2O6S. The lowest BCUT2D eigenvalue weighted by atomic mass is 10.1. The van der Waals surface area contributed by atoms with Gasteiger partial charge in [-0.3, -0.25) is 9.10 Å². The van der Waals surface area contributed by atoms with Crippen LogP contribution in [0.4, 0.5) is 5.69 Å². The van der Waals surface area contributed by atoms with Crippen molar-refractivity contribution >= 4 is 33.2 Å². The van der Waals surface area contributed by atoms with Crippen LogP contribution in [0.25, 0.3) is 0 Å². The summed E-state index contributed by atoms with van der Waals surface area (Å²) in [6.07, 6.45) is 1.03. The van der Waals surface area contributed by atoms with E-state index in [0.29, 0.717) is 29.7 Å². The van der Waals surface area contributed by atoms with Crippen molar-refractivity contribution in [2.75, 3.05) is 30.9 Å². The maximum Gasteiger partial charge on any atom is 0.244 e. The fraction of sp³-hybridized carbons (Fsp3) is 0.381. The minimum absolute atomic E-state index is 0.187. The Morgan fingerprint density at radius 2 is 1.81 bits per heavy atom. The fourth-order valence-corrected chi connectivity index (χ4v) is 4.70. The molecule has 3 rings (SSSR count). The summed E-state index contributed by atoms with van der Waals surface area (Å²) in [6, 6.07) is 8.56. The highest BCUT2D eigenvalue weighted by Crippen LogP contribution is 2.35. The van der Waals surface area contributed by atoms with Gasteiger partial charge >= 0.3 is 0 Å². The van der Waals surface area contributed by atoms with Crippen molar-refractivity contribution in [2.45, 2.75) is 25.9 Å². The first-order chi connectivity index (χ1) is 14.6. The fourth-order valence-electron chi connectivity index (χ4n) is 3.36. The number of hydrogen-bond acceptors (Lipinski definition) is 6. The lowest BCUT2D eigenvalue weighted by Gasteiger charge is -2.30. The molecule has 31 heavy (non-hydrogen) atoms. The van der Waals surface area contributed by atoms with Gasteiger partial charge in [0.2, 0.25) is 15.9 Å². The second kappa shape index (κ2) is 9.23. The average molecular weight is 469 g/mol. The summed E-state index contributed by atoms with van der Waals surface area (Å²) >= 11 is 6.07. The van der Waals surface area contributed by atoms with Gasteiger partial charge in [-0.05, 0) is 49.7 Å². The zero-order chi connectivity index (χ0) is 22.8. The smallest absolute Gasteiger partial charge is 0.244 e. The normalized spacial score (nSPS) is 15.0. The predicted octanol–water partition coefficient (Wildman–Crippen LogP) is 3.15. The number of rotatable bonds is 7. The van der Waals surface area contributed by atoms with Crippen molar-refractivity contribution in [1.82, 2.24) is 5.32 Å². The Bertz CT molecular complexity index is 1080. The van der Waals surface area contributed by atoms with Gasteiger partial charge in [0.05, 0.1) is 25.1 Å². The summed E-state index contributed by atoms with van der Waals surface area (Å²) < 4.78 is 42.6. The van der Waals surface area contributed by atoms with Gasteiger partial charge < -0.3 is 19.5 Å². The Morgan fingerprint density at radius 1 is 1.13 bits per heavy atom. The first-order valence-electron chi connectivity index (χ1n) is 9.64. The number of sulfonamides is 1. The zero-order valence-corrected chi connectivity index (χ0v) is 19.3. The monoisotopic (exact) mass is 468 g/mol. The predicted molar refractivity (Wildman–Crippen MR) is 119 cm³/mol. The van der Waals surface area contributed by atoms with Crippen LogP contribution in [0.3, 0.4) is 0 Å². The van der Waals surface area contributed by atoms with Gasteiger partial charge in [0, 0.05) is 5.02 Å². The first-order valence-corrected chi connectivity index (χ1v) is 11.9. The van der Waals surface area contributed by atoms with Gasteiger partial charge in [-0.1, -0.05) is 17.7 Å². The number of anilines is 1. The Balaban J connectivity index is 1.85. The van der Waals surface area contributed by atoms with Crippen molar-refractivity contribution in [3.05, 3.63) is 47.0 Å². The highest BCUT2D eigenvalue weighted by Gasteiger charge is 2.32. The summed E-state index contributed by atoms with van der Waals surface area (Å²) in [5.74, 6) is 1.07. The summed E-state index contributed by atoms with van der Waals surface area (Å²) in [7, 11) is -2.41. The second-order valence-corrected chi connectivity index (χ2v) is 9.48. The quantitative estimate of drug-likeness (QED) is 0.670. The standard InChI is InChI=1S/C21H25ClN2O6S/c1-13(15-5-7-19-20(11-15)30-10-9-29-19)23-21(25)14(2)24(31(4,26)27)17-12-16(22)6-8-18(17)28-3/h5-8,11-14H,9-10H2,1-4H3,(H,23,25). The topological polar surface area (TPSA) is 94.2 Å². The number of hydrogen-bond donors (Lipinski definition) is 1. The van der Waals surface area contributed by atoms with E-state index in [1.807, 2.05) is 6.07 Å². The second-order valence-electron chi connectivity index (χ2n) is 7.18. The van der Waals surface area contributed by atoms with Gasteiger partial charge in [0.15, 0.2) is 11.5 Å². The van der Waals surface area contributed by atoms with Crippen molar-refractivity contribution in [1.29, 1.82) is 0 Å². The number of nitrogens with zero attached hydrogens (tertiary/aromatic N) is 1. The molecule has 1 aliphatic heterocycles. The molecule has 1 heterocycles. The SMILES string of the molecule is COc1ccc(Cl)cc1N(C(C)C(=O)NC(C)c1ccc2c(c1)OCCO2)S(C)(=O)=O. The van der Waals surface area contributed by atoms with E-state index in [2.05, 4.69) is 5.32 Å². The van der Waals surface area contributed by atoms with E-state index in [-0.39, 0.29) is 11.4 Å². The molecule has 0 radical (unpaired) electrons. The van der Waals surface area contributed by atoms with Crippen molar-refractivity contribution < 1.29 is 27.4 Å². The summed E-state index contributed by atoms with van der Waals surface area (Å²) in [5, 5.41) is 3.18. The van der Waals surface area contributed by atoms with Crippen LogP contribution in [-0.4, -0.2) is 46.9 Å². The third kappa shape index (κ3) is 5.16. The van der Waals surface area contributed by atoms with Crippen LogP contribution in [0.5, 0.6) is 17.2 Å². The highest BCUT2D eigenvalue weighted by molar-refractivity contribution is 7.92. The van der Waals surface area contributed by atoms with Gasteiger partial charge in [0.25, 0.3) is 0 Å². The molecule has 168 valence electrons. The van der Waals surface area contributed by atoms with Crippen molar-refractivity contribution in [2.24, 2.45) is 0 Å². The molecule has 1 aliphatic rings. The van der Waals surface area contributed by atoms with E-state index in [9.17, 15) is 13.2 Å². The largest absolute Gasteiger partial charge is 0.495 e. The molecule has 2 atom stereocenters. The first kappa shape index (κ1) is 23.0. The number of carbonyl (C=O) groups is 1. The molecule has 2 aromatic carbocycles.